The van der Waals surface area contributed by atoms with Crippen LogP contribution in [0.15, 0.2) is 17.5 Å². The Morgan fingerprint density at radius 1 is 1.42 bits per heavy atom. The minimum atomic E-state index is 0. The number of pyridine rings is 1. The van der Waals surface area contributed by atoms with Gasteiger partial charge in [0.2, 0.25) is 0 Å². The zero-order valence-electron chi connectivity index (χ0n) is 13.4. The van der Waals surface area contributed by atoms with Crippen molar-refractivity contribution in [3.63, 3.8) is 0 Å². The molecular formula is C16H20Cl2N4S2. The highest BCUT2D eigenvalue weighted by Gasteiger charge is 2.19. The van der Waals surface area contributed by atoms with Crippen molar-refractivity contribution < 1.29 is 0 Å². The van der Waals surface area contributed by atoms with Crippen LogP contribution in [-0.2, 0) is 13.0 Å². The lowest BCUT2D eigenvalue weighted by Gasteiger charge is -2.16. The lowest BCUT2D eigenvalue weighted by Crippen LogP contribution is -2.19. The first-order valence-electron chi connectivity index (χ1n) is 7.36. The molecule has 0 aliphatic heterocycles. The maximum atomic E-state index is 6.45. The number of aromatic nitrogens is 1. The number of halogens is 2. The van der Waals surface area contributed by atoms with Crippen molar-refractivity contribution in [3.05, 3.63) is 38.7 Å². The van der Waals surface area contributed by atoms with Crippen molar-refractivity contribution in [1.29, 1.82) is 0 Å². The minimum Gasteiger partial charge on any atom is -0.390 e. The summed E-state index contributed by atoms with van der Waals surface area (Å²) in [6.07, 6.45) is 0.672. The standard InChI is InChI=1S/C16H19ClN4S2.ClH/c1-8(18)6-11-13(20-7-10-4-3-5-22-10)14-12(21-15(11)17)9(2)16(19)23-14;/h3-5,8H,6-7,18-19H2,1-2H3,(H,20,21);1H/t8-;/m0./s1. The fourth-order valence-corrected chi connectivity index (χ4v) is 4.48. The third kappa shape index (κ3) is 3.78. The fourth-order valence-electron chi connectivity index (χ4n) is 2.52. The zero-order chi connectivity index (χ0) is 16.6. The molecule has 3 aromatic heterocycles. The number of hydrogen-bond donors (Lipinski definition) is 3. The molecule has 3 rings (SSSR count). The van der Waals surface area contributed by atoms with Gasteiger partial charge in [-0.05, 0) is 31.7 Å². The van der Waals surface area contributed by atoms with Crippen LogP contribution in [0.2, 0.25) is 5.15 Å². The molecule has 0 saturated carbocycles. The molecular weight excluding hydrogens is 383 g/mol. The molecule has 0 bridgehead atoms. The SMILES string of the molecule is Cc1c(N)sc2c(NCc3cccs3)c(C[C@H](C)N)c(Cl)nc12.Cl. The molecule has 3 aromatic rings. The average Bonchev–Trinajstić information content (AvgIpc) is 3.09. The van der Waals surface area contributed by atoms with Crippen molar-refractivity contribution in [1.82, 2.24) is 4.98 Å². The molecule has 0 unspecified atom stereocenters. The largest absolute Gasteiger partial charge is 0.390 e. The normalized spacial score (nSPS) is 12.2. The summed E-state index contributed by atoms with van der Waals surface area (Å²) < 4.78 is 1.05. The number of anilines is 2. The highest BCUT2D eigenvalue weighted by Crippen LogP contribution is 2.41. The zero-order valence-corrected chi connectivity index (χ0v) is 16.6. The van der Waals surface area contributed by atoms with Gasteiger partial charge in [0.05, 0.1) is 20.9 Å². The molecule has 0 amide bonds. The van der Waals surface area contributed by atoms with Crippen LogP contribution < -0.4 is 16.8 Å². The Labute approximate surface area is 160 Å². The molecule has 5 N–H and O–H groups in total. The Hall–Kier alpha value is -1.05. The molecule has 0 spiro atoms. The number of fused-ring (bicyclic) bond motifs is 1. The molecule has 130 valence electrons. The molecule has 0 aromatic carbocycles. The van der Waals surface area contributed by atoms with Crippen molar-refractivity contribution >= 4 is 67.6 Å². The summed E-state index contributed by atoms with van der Waals surface area (Å²) in [6, 6.07) is 4.16. The Balaban J connectivity index is 0.00000208. The first kappa shape index (κ1) is 19.3. The number of nitrogens with zero attached hydrogens (tertiary/aromatic N) is 1. The van der Waals surface area contributed by atoms with Crippen LogP contribution in [0.25, 0.3) is 10.2 Å². The van der Waals surface area contributed by atoms with E-state index < -0.39 is 0 Å². The van der Waals surface area contributed by atoms with E-state index in [0.29, 0.717) is 11.6 Å². The Morgan fingerprint density at radius 3 is 2.79 bits per heavy atom. The lowest BCUT2D eigenvalue weighted by molar-refractivity contribution is 0.737. The number of nitrogens with one attached hydrogen (secondary N) is 1. The topological polar surface area (TPSA) is 77.0 Å². The van der Waals surface area contributed by atoms with Crippen LogP contribution in [-0.4, -0.2) is 11.0 Å². The first-order chi connectivity index (χ1) is 11.0. The Bertz CT molecular complexity index is 829. The average molecular weight is 403 g/mol. The van der Waals surface area contributed by atoms with E-state index in [0.717, 1.165) is 38.6 Å². The predicted molar refractivity (Wildman–Crippen MR) is 110 cm³/mol. The number of aryl methyl sites for hydroxylation is 1. The number of thiophene rings is 2. The van der Waals surface area contributed by atoms with Crippen LogP contribution >= 0.6 is 46.7 Å². The summed E-state index contributed by atoms with van der Waals surface area (Å²) in [5.74, 6) is 0. The molecule has 4 nitrogen and oxygen atoms in total. The second-order valence-electron chi connectivity index (χ2n) is 5.64. The minimum absolute atomic E-state index is 0. The molecule has 8 heteroatoms. The lowest BCUT2D eigenvalue weighted by atomic mass is 10.1. The van der Waals surface area contributed by atoms with Gasteiger partial charge in [0.15, 0.2) is 0 Å². The maximum absolute atomic E-state index is 6.45. The third-order valence-electron chi connectivity index (χ3n) is 3.69. The van der Waals surface area contributed by atoms with Gasteiger partial charge in [0.1, 0.15) is 5.15 Å². The van der Waals surface area contributed by atoms with Gasteiger partial charge in [-0.3, -0.25) is 0 Å². The molecule has 0 aliphatic rings. The van der Waals surface area contributed by atoms with Crippen molar-refractivity contribution in [2.75, 3.05) is 11.1 Å². The molecule has 0 radical (unpaired) electrons. The summed E-state index contributed by atoms with van der Waals surface area (Å²) >= 11 is 9.73. The number of hydrogen-bond acceptors (Lipinski definition) is 6. The quantitative estimate of drug-likeness (QED) is 0.534. The second-order valence-corrected chi connectivity index (χ2v) is 8.08. The molecule has 3 heterocycles. The summed E-state index contributed by atoms with van der Waals surface area (Å²) in [6.45, 7) is 4.69. The van der Waals surface area contributed by atoms with Gasteiger partial charge in [-0.25, -0.2) is 4.98 Å². The molecule has 0 saturated heterocycles. The van der Waals surface area contributed by atoms with Crippen molar-refractivity contribution in [3.8, 4) is 0 Å². The van der Waals surface area contributed by atoms with Crippen LogP contribution in [0.4, 0.5) is 10.7 Å². The Kier molecular flexibility index (Phi) is 6.33. The number of rotatable bonds is 5. The summed E-state index contributed by atoms with van der Waals surface area (Å²) in [5, 5.41) is 6.88. The van der Waals surface area contributed by atoms with E-state index in [1.54, 1.807) is 22.7 Å². The van der Waals surface area contributed by atoms with Gasteiger partial charge in [0, 0.05) is 28.6 Å². The predicted octanol–water partition coefficient (Wildman–Crippen LogP) is 4.83. The highest BCUT2D eigenvalue weighted by molar-refractivity contribution is 7.23. The third-order valence-corrected chi connectivity index (χ3v) is 6.00. The van der Waals surface area contributed by atoms with Gasteiger partial charge in [-0.1, -0.05) is 17.7 Å². The van der Waals surface area contributed by atoms with E-state index in [4.69, 9.17) is 23.1 Å². The van der Waals surface area contributed by atoms with Crippen LogP contribution in [0.1, 0.15) is 22.9 Å². The summed E-state index contributed by atoms with van der Waals surface area (Å²) in [5.41, 5.74) is 15.9. The van der Waals surface area contributed by atoms with Gasteiger partial charge >= 0.3 is 0 Å². The van der Waals surface area contributed by atoms with E-state index in [1.807, 2.05) is 19.9 Å². The van der Waals surface area contributed by atoms with Crippen LogP contribution in [0.3, 0.4) is 0 Å². The first-order valence-corrected chi connectivity index (χ1v) is 9.43. The van der Waals surface area contributed by atoms with E-state index >= 15 is 0 Å². The van der Waals surface area contributed by atoms with Gasteiger partial charge < -0.3 is 16.8 Å². The van der Waals surface area contributed by atoms with E-state index in [-0.39, 0.29) is 18.4 Å². The van der Waals surface area contributed by atoms with Gasteiger partial charge in [0.25, 0.3) is 0 Å². The fraction of sp³-hybridized carbons (Fsp3) is 0.312. The molecule has 0 fully saturated rings. The molecule has 1 atom stereocenters. The summed E-state index contributed by atoms with van der Waals surface area (Å²) in [7, 11) is 0. The monoisotopic (exact) mass is 402 g/mol. The van der Waals surface area contributed by atoms with E-state index in [1.165, 1.54) is 4.88 Å². The number of nitrogens with two attached hydrogens (primary N) is 2. The van der Waals surface area contributed by atoms with Crippen LogP contribution in [0.5, 0.6) is 0 Å². The molecule has 0 aliphatic carbocycles. The maximum Gasteiger partial charge on any atom is 0.135 e. The van der Waals surface area contributed by atoms with Crippen LogP contribution in [0, 0.1) is 6.92 Å². The second kappa shape index (κ2) is 7.89. The highest BCUT2D eigenvalue weighted by atomic mass is 35.5. The smallest absolute Gasteiger partial charge is 0.135 e. The van der Waals surface area contributed by atoms with Crippen molar-refractivity contribution in [2.45, 2.75) is 32.9 Å². The van der Waals surface area contributed by atoms with Gasteiger partial charge in [-0.15, -0.1) is 35.1 Å². The van der Waals surface area contributed by atoms with Gasteiger partial charge in [-0.2, -0.15) is 0 Å². The van der Waals surface area contributed by atoms with E-state index in [9.17, 15) is 0 Å². The van der Waals surface area contributed by atoms with Crippen molar-refractivity contribution in [2.24, 2.45) is 5.73 Å². The summed E-state index contributed by atoms with van der Waals surface area (Å²) in [4.78, 5) is 5.82. The molecule has 24 heavy (non-hydrogen) atoms. The Morgan fingerprint density at radius 2 is 2.17 bits per heavy atom. The van der Waals surface area contributed by atoms with E-state index in [2.05, 4.69) is 21.7 Å². The number of nitrogen functional groups attached to an aromatic ring is 1.